The predicted octanol–water partition coefficient (Wildman–Crippen LogP) is 3.14. The highest BCUT2D eigenvalue weighted by Gasteiger charge is 2.21. The highest BCUT2D eigenvalue weighted by atomic mass is 35.5. The number of ether oxygens (including phenoxy) is 1. The Morgan fingerprint density at radius 2 is 2.06 bits per heavy atom. The average Bonchev–Trinajstić information content (AvgIpc) is 2.40. The lowest BCUT2D eigenvalue weighted by atomic mass is 9.88. The molecule has 0 spiro atoms. The van der Waals surface area contributed by atoms with Gasteiger partial charge >= 0.3 is 0 Å². The molecule has 0 heterocycles. The van der Waals surface area contributed by atoms with Gasteiger partial charge in [-0.1, -0.05) is 11.6 Å². The van der Waals surface area contributed by atoms with Crippen LogP contribution in [0.5, 0.6) is 5.75 Å². The lowest BCUT2D eigenvalue weighted by molar-refractivity contribution is 0.104. The van der Waals surface area contributed by atoms with Crippen LogP contribution in [0.1, 0.15) is 31.2 Å². The SMILES string of the molecule is N#Cc1ccc(OC2CCC(CO)CC2)cc1Cl. The van der Waals surface area contributed by atoms with Crippen LogP contribution in [0, 0.1) is 17.2 Å². The fraction of sp³-hybridized carbons (Fsp3) is 0.500. The van der Waals surface area contributed by atoms with Gasteiger partial charge in [-0.3, -0.25) is 0 Å². The molecule has 1 aliphatic rings. The van der Waals surface area contributed by atoms with Crippen molar-refractivity contribution in [2.45, 2.75) is 31.8 Å². The van der Waals surface area contributed by atoms with Gasteiger partial charge in [-0.05, 0) is 43.7 Å². The molecule has 0 aliphatic heterocycles. The zero-order valence-electron chi connectivity index (χ0n) is 10.1. The third-order valence-electron chi connectivity index (χ3n) is 3.42. The molecule has 2 rings (SSSR count). The third kappa shape index (κ3) is 3.16. The summed E-state index contributed by atoms with van der Waals surface area (Å²) in [4.78, 5) is 0. The van der Waals surface area contributed by atoms with E-state index in [0.29, 0.717) is 22.3 Å². The van der Waals surface area contributed by atoms with Crippen molar-refractivity contribution in [1.29, 1.82) is 5.26 Å². The van der Waals surface area contributed by atoms with Gasteiger partial charge in [0.2, 0.25) is 0 Å². The topological polar surface area (TPSA) is 53.2 Å². The fourth-order valence-corrected chi connectivity index (χ4v) is 2.50. The van der Waals surface area contributed by atoms with E-state index in [-0.39, 0.29) is 12.7 Å². The second-order valence-corrected chi connectivity index (χ2v) is 5.10. The number of nitriles is 1. The van der Waals surface area contributed by atoms with E-state index in [9.17, 15) is 0 Å². The van der Waals surface area contributed by atoms with Crippen molar-refractivity contribution < 1.29 is 9.84 Å². The molecule has 96 valence electrons. The zero-order chi connectivity index (χ0) is 13.0. The minimum Gasteiger partial charge on any atom is -0.490 e. The zero-order valence-corrected chi connectivity index (χ0v) is 10.9. The van der Waals surface area contributed by atoms with Crippen molar-refractivity contribution in [3.8, 4) is 11.8 Å². The van der Waals surface area contributed by atoms with Gasteiger partial charge in [0.25, 0.3) is 0 Å². The minimum atomic E-state index is 0.191. The number of hydrogen-bond acceptors (Lipinski definition) is 3. The Labute approximate surface area is 112 Å². The lowest BCUT2D eigenvalue weighted by Gasteiger charge is -2.27. The van der Waals surface area contributed by atoms with Crippen molar-refractivity contribution >= 4 is 11.6 Å². The predicted molar refractivity (Wildman–Crippen MR) is 69.6 cm³/mol. The number of rotatable bonds is 3. The van der Waals surface area contributed by atoms with Crippen LogP contribution in [0.4, 0.5) is 0 Å². The molecule has 0 atom stereocenters. The van der Waals surface area contributed by atoms with Crippen LogP contribution in [0.25, 0.3) is 0 Å². The summed E-state index contributed by atoms with van der Waals surface area (Å²) < 4.78 is 5.85. The average molecular weight is 266 g/mol. The first-order valence-corrected chi connectivity index (χ1v) is 6.58. The summed E-state index contributed by atoms with van der Waals surface area (Å²) >= 11 is 5.96. The van der Waals surface area contributed by atoms with Crippen molar-refractivity contribution in [2.24, 2.45) is 5.92 Å². The van der Waals surface area contributed by atoms with Crippen molar-refractivity contribution in [2.75, 3.05) is 6.61 Å². The minimum absolute atomic E-state index is 0.191. The van der Waals surface area contributed by atoms with E-state index in [2.05, 4.69) is 0 Å². The van der Waals surface area contributed by atoms with Crippen LogP contribution in [-0.4, -0.2) is 17.8 Å². The Hall–Kier alpha value is -1.24. The summed E-state index contributed by atoms with van der Waals surface area (Å²) in [5.41, 5.74) is 0.466. The van der Waals surface area contributed by atoms with Gasteiger partial charge in [0.05, 0.1) is 16.7 Å². The molecule has 1 aromatic rings. The Morgan fingerprint density at radius 1 is 1.33 bits per heavy atom. The van der Waals surface area contributed by atoms with Crippen LogP contribution >= 0.6 is 11.6 Å². The van der Waals surface area contributed by atoms with Gasteiger partial charge in [0.15, 0.2) is 0 Å². The number of nitrogens with zero attached hydrogens (tertiary/aromatic N) is 1. The van der Waals surface area contributed by atoms with Gasteiger partial charge in [-0.2, -0.15) is 5.26 Å². The Morgan fingerprint density at radius 3 is 2.61 bits per heavy atom. The molecule has 0 bridgehead atoms. The van der Waals surface area contributed by atoms with Crippen molar-refractivity contribution in [3.63, 3.8) is 0 Å². The molecule has 18 heavy (non-hydrogen) atoms. The summed E-state index contributed by atoms with van der Waals surface area (Å²) in [5, 5.41) is 18.3. The monoisotopic (exact) mass is 265 g/mol. The largest absolute Gasteiger partial charge is 0.490 e. The maximum absolute atomic E-state index is 9.07. The van der Waals surface area contributed by atoms with Crippen molar-refractivity contribution in [3.05, 3.63) is 28.8 Å². The number of aliphatic hydroxyl groups is 1. The molecule has 1 aliphatic carbocycles. The molecule has 0 aromatic heterocycles. The molecule has 0 saturated heterocycles. The van der Waals surface area contributed by atoms with E-state index in [1.807, 2.05) is 6.07 Å². The van der Waals surface area contributed by atoms with Gasteiger partial charge in [0, 0.05) is 12.7 Å². The molecule has 3 nitrogen and oxygen atoms in total. The summed E-state index contributed by atoms with van der Waals surface area (Å²) in [6.07, 6.45) is 4.12. The maximum atomic E-state index is 9.07. The maximum Gasteiger partial charge on any atom is 0.121 e. The Kier molecular flexibility index (Phi) is 4.46. The van der Waals surface area contributed by atoms with Crippen LogP contribution in [0.3, 0.4) is 0 Å². The van der Waals surface area contributed by atoms with Gasteiger partial charge < -0.3 is 9.84 Å². The summed E-state index contributed by atoms with van der Waals surface area (Å²) in [5.74, 6) is 1.14. The van der Waals surface area contributed by atoms with Gasteiger partial charge in [-0.15, -0.1) is 0 Å². The molecule has 0 amide bonds. The van der Waals surface area contributed by atoms with Crippen LogP contribution < -0.4 is 4.74 Å². The van der Waals surface area contributed by atoms with E-state index in [1.54, 1.807) is 18.2 Å². The molecule has 0 unspecified atom stereocenters. The summed E-state index contributed by atoms with van der Waals surface area (Å²) in [6, 6.07) is 7.17. The first kappa shape index (κ1) is 13.2. The molecule has 1 fully saturated rings. The molecular formula is C14H16ClNO2. The van der Waals surface area contributed by atoms with Crippen LogP contribution in [0.15, 0.2) is 18.2 Å². The quantitative estimate of drug-likeness (QED) is 0.913. The van der Waals surface area contributed by atoms with E-state index in [0.717, 1.165) is 25.7 Å². The fourth-order valence-electron chi connectivity index (χ4n) is 2.28. The Bertz CT molecular complexity index is 448. The summed E-state index contributed by atoms with van der Waals surface area (Å²) in [7, 11) is 0. The molecule has 1 saturated carbocycles. The highest BCUT2D eigenvalue weighted by Crippen LogP contribution is 2.29. The van der Waals surface area contributed by atoms with E-state index >= 15 is 0 Å². The number of halogens is 1. The third-order valence-corrected chi connectivity index (χ3v) is 3.73. The molecular weight excluding hydrogens is 250 g/mol. The second-order valence-electron chi connectivity index (χ2n) is 4.70. The smallest absolute Gasteiger partial charge is 0.121 e. The Balaban J connectivity index is 1.94. The van der Waals surface area contributed by atoms with Gasteiger partial charge in [0.1, 0.15) is 11.8 Å². The lowest BCUT2D eigenvalue weighted by Crippen LogP contribution is -2.25. The van der Waals surface area contributed by atoms with Crippen molar-refractivity contribution in [1.82, 2.24) is 0 Å². The molecule has 1 aromatic carbocycles. The highest BCUT2D eigenvalue weighted by molar-refractivity contribution is 6.31. The molecule has 4 heteroatoms. The van der Waals surface area contributed by atoms with E-state index in [4.69, 9.17) is 26.7 Å². The van der Waals surface area contributed by atoms with E-state index < -0.39 is 0 Å². The summed E-state index contributed by atoms with van der Waals surface area (Å²) in [6.45, 7) is 0.273. The van der Waals surface area contributed by atoms with Crippen LogP contribution in [0.2, 0.25) is 5.02 Å². The number of benzene rings is 1. The molecule has 0 radical (unpaired) electrons. The van der Waals surface area contributed by atoms with Gasteiger partial charge in [-0.25, -0.2) is 0 Å². The number of hydrogen-bond donors (Lipinski definition) is 1. The van der Waals surface area contributed by atoms with Crippen LogP contribution in [-0.2, 0) is 0 Å². The first-order chi connectivity index (χ1) is 8.72. The standard InChI is InChI=1S/C14H16ClNO2/c15-14-7-13(6-3-11(14)8-16)18-12-4-1-10(9-17)2-5-12/h3,6-7,10,12,17H,1-2,4-5,9H2. The normalized spacial score (nSPS) is 23.4. The number of aliphatic hydroxyl groups excluding tert-OH is 1. The second kappa shape index (κ2) is 6.08. The van der Waals surface area contributed by atoms with E-state index in [1.165, 1.54) is 0 Å². The molecule has 1 N–H and O–H groups in total. The first-order valence-electron chi connectivity index (χ1n) is 6.20.